The summed E-state index contributed by atoms with van der Waals surface area (Å²) in [5.41, 5.74) is 2.94. The third-order valence-corrected chi connectivity index (χ3v) is 5.53. The zero-order chi connectivity index (χ0) is 20.3. The Hall–Kier alpha value is -2.28. The Morgan fingerprint density at radius 3 is 2.04 bits per heavy atom. The molecule has 1 nitrogen and oxygen atoms in total. The lowest BCUT2D eigenvalue weighted by atomic mass is 9.75. The smallest absolute Gasteiger partial charge is 0.128 e. The van der Waals surface area contributed by atoms with Crippen LogP contribution in [0.2, 0.25) is 0 Å². The van der Waals surface area contributed by atoms with E-state index in [4.69, 9.17) is 4.74 Å². The van der Waals surface area contributed by atoms with Gasteiger partial charge in [-0.1, -0.05) is 95.3 Å². The van der Waals surface area contributed by atoms with E-state index in [1.165, 1.54) is 28.3 Å². The van der Waals surface area contributed by atoms with Crippen molar-refractivity contribution in [3.05, 3.63) is 77.9 Å². The second-order valence-corrected chi connectivity index (χ2v) is 9.48. The van der Waals surface area contributed by atoms with Crippen LogP contribution >= 0.6 is 0 Å². The number of fused-ring (bicyclic) bond motifs is 1. The van der Waals surface area contributed by atoms with Crippen LogP contribution in [0.25, 0.3) is 10.8 Å². The lowest BCUT2D eigenvalue weighted by molar-refractivity contribution is 0.230. The van der Waals surface area contributed by atoms with Crippen molar-refractivity contribution >= 4 is 10.8 Å². The molecule has 148 valence electrons. The number of ether oxygens (including phenoxy) is 1. The average Bonchev–Trinajstić information content (AvgIpc) is 2.66. The van der Waals surface area contributed by atoms with Gasteiger partial charge in [0.25, 0.3) is 0 Å². The molecule has 3 aromatic carbocycles. The van der Waals surface area contributed by atoms with E-state index in [1.807, 2.05) is 6.07 Å². The molecule has 0 amide bonds. The summed E-state index contributed by atoms with van der Waals surface area (Å²) in [6.07, 6.45) is 1.20. The van der Waals surface area contributed by atoms with Gasteiger partial charge in [-0.2, -0.15) is 0 Å². The lowest BCUT2D eigenvalue weighted by Crippen LogP contribution is -2.16. The number of rotatable bonds is 6. The van der Waals surface area contributed by atoms with Gasteiger partial charge in [-0.05, 0) is 53.2 Å². The topological polar surface area (TPSA) is 9.23 Å². The van der Waals surface area contributed by atoms with Gasteiger partial charge in [0.05, 0.1) is 0 Å². The van der Waals surface area contributed by atoms with E-state index in [0.29, 0.717) is 17.3 Å². The van der Waals surface area contributed by atoms with Crippen LogP contribution in [0.15, 0.2) is 66.7 Å². The highest BCUT2D eigenvalue weighted by Crippen LogP contribution is 2.41. The van der Waals surface area contributed by atoms with E-state index < -0.39 is 0 Å². The molecule has 0 aromatic heterocycles. The van der Waals surface area contributed by atoms with Crippen molar-refractivity contribution in [3.63, 3.8) is 0 Å². The molecule has 1 heteroatoms. The van der Waals surface area contributed by atoms with Crippen LogP contribution in [-0.2, 0) is 0 Å². The molecule has 3 aromatic rings. The predicted octanol–water partition coefficient (Wildman–Crippen LogP) is 8.16. The molecule has 0 aliphatic rings. The Morgan fingerprint density at radius 2 is 1.39 bits per heavy atom. The fraction of sp³-hybridized carbons (Fsp3) is 0.407. The molecular weight excluding hydrogens is 340 g/mol. The number of hydrogen-bond donors (Lipinski definition) is 0. The maximum Gasteiger partial charge on any atom is 0.128 e. The molecule has 0 spiro atoms. The first-order chi connectivity index (χ1) is 13.3. The van der Waals surface area contributed by atoms with E-state index in [0.717, 1.165) is 5.75 Å². The molecular formula is C27H34O. The Kier molecular flexibility index (Phi) is 6.13. The van der Waals surface area contributed by atoms with Crippen LogP contribution in [0.5, 0.6) is 5.75 Å². The monoisotopic (exact) mass is 374 g/mol. The van der Waals surface area contributed by atoms with Crippen LogP contribution in [0.4, 0.5) is 0 Å². The minimum Gasteiger partial charge on any atom is -0.485 e. The van der Waals surface area contributed by atoms with Crippen molar-refractivity contribution in [3.8, 4) is 5.75 Å². The minimum absolute atomic E-state index is 0.0194. The van der Waals surface area contributed by atoms with Gasteiger partial charge in [0.2, 0.25) is 0 Å². The standard InChI is InChI=1S/C27H34O/c1-19(2)25(18-27(4,5)6)23-14-10-16-24-22(23)15-11-17-26(24)28-20(3)21-12-8-7-9-13-21/h7-17,19-20,25H,18H2,1-6H3. The minimum atomic E-state index is 0.0194. The summed E-state index contributed by atoms with van der Waals surface area (Å²) < 4.78 is 6.41. The molecule has 0 aliphatic heterocycles. The van der Waals surface area contributed by atoms with E-state index in [-0.39, 0.29) is 6.10 Å². The molecule has 0 N–H and O–H groups in total. The third kappa shape index (κ3) is 4.76. The normalized spacial score (nSPS) is 14.2. The molecule has 0 aliphatic carbocycles. The zero-order valence-corrected chi connectivity index (χ0v) is 18.2. The molecule has 3 rings (SSSR count). The van der Waals surface area contributed by atoms with Gasteiger partial charge < -0.3 is 4.74 Å². The Bertz CT molecular complexity index is 902. The van der Waals surface area contributed by atoms with E-state index in [1.54, 1.807) is 0 Å². The molecule has 0 saturated carbocycles. The molecule has 0 heterocycles. The molecule has 28 heavy (non-hydrogen) atoms. The first kappa shape index (κ1) is 20.5. The number of hydrogen-bond acceptors (Lipinski definition) is 1. The summed E-state index contributed by atoms with van der Waals surface area (Å²) in [5, 5.41) is 2.53. The van der Waals surface area contributed by atoms with Gasteiger partial charge >= 0.3 is 0 Å². The second-order valence-electron chi connectivity index (χ2n) is 9.48. The highest BCUT2D eigenvalue weighted by atomic mass is 16.5. The van der Waals surface area contributed by atoms with Crippen molar-refractivity contribution < 1.29 is 4.74 Å². The summed E-state index contributed by atoms with van der Waals surface area (Å²) in [6.45, 7) is 13.8. The third-order valence-electron chi connectivity index (χ3n) is 5.53. The first-order valence-corrected chi connectivity index (χ1v) is 10.5. The van der Waals surface area contributed by atoms with Crippen LogP contribution in [-0.4, -0.2) is 0 Å². The van der Waals surface area contributed by atoms with Gasteiger partial charge in [-0.25, -0.2) is 0 Å². The first-order valence-electron chi connectivity index (χ1n) is 10.5. The molecule has 0 radical (unpaired) electrons. The number of benzene rings is 3. The SMILES string of the molecule is CC(Oc1cccc2c(C(CC(C)(C)C)C(C)C)cccc12)c1ccccc1. The van der Waals surface area contributed by atoms with Gasteiger partial charge in [0.15, 0.2) is 0 Å². The van der Waals surface area contributed by atoms with Crippen molar-refractivity contribution in [1.82, 2.24) is 0 Å². The molecule has 0 fully saturated rings. The summed E-state index contributed by atoms with van der Waals surface area (Å²) >= 11 is 0. The van der Waals surface area contributed by atoms with Crippen LogP contribution in [0.3, 0.4) is 0 Å². The Morgan fingerprint density at radius 1 is 0.750 bits per heavy atom. The maximum absolute atomic E-state index is 6.41. The lowest BCUT2D eigenvalue weighted by Gasteiger charge is -2.30. The van der Waals surface area contributed by atoms with E-state index in [9.17, 15) is 0 Å². The van der Waals surface area contributed by atoms with Crippen molar-refractivity contribution in [2.75, 3.05) is 0 Å². The molecule has 2 atom stereocenters. The molecule has 0 saturated heterocycles. The Balaban J connectivity index is 2.00. The predicted molar refractivity (Wildman–Crippen MR) is 121 cm³/mol. The van der Waals surface area contributed by atoms with Crippen LogP contribution < -0.4 is 4.74 Å². The maximum atomic E-state index is 6.41. The Labute approximate surface area is 170 Å². The summed E-state index contributed by atoms with van der Waals surface area (Å²) in [5.74, 6) is 2.09. The largest absolute Gasteiger partial charge is 0.485 e. The van der Waals surface area contributed by atoms with E-state index >= 15 is 0 Å². The van der Waals surface area contributed by atoms with Gasteiger partial charge in [-0.3, -0.25) is 0 Å². The van der Waals surface area contributed by atoms with Crippen molar-refractivity contribution in [2.24, 2.45) is 11.3 Å². The van der Waals surface area contributed by atoms with E-state index in [2.05, 4.69) is 102 Å². The van der Waals surface area contributed by atoms with Gasteiger partial charge in [0.1, 0.15) is 11.9 Å². The van der Waals surface area contributed by atoms with Gasteiger partial charge in [0, 0.05) is 5.39 Å². The van der Waals surface area contributed by atoms with Crippen LogP contribution in [0.1, 0.15) is 71.1 Å². The van der Waals surface area contributed by atoms with Crippen molar-refractivity contribution in [1.29, 1.82) is 0 Å². The highest BCUT2D eigenvalue weighted by molar-refractivity contribution is 5.91. The summed E-state index contributed by atoms with van der Waals surface area (Å²) in [7, 11) is 0. The quantitative estimate of drug-likeness (QED) is 0.423. The summed E-state index contributed by atoms with van der Waals surface area (Å²) in [6, 6.07) is 23.6. The van der Waals surface area contributed by atoms with Gasteiger partial charge in [-0.15, -0.1) is 0 Å². The zero-order valence-electron chi connectivity index (χ0n) is 18.2. The average molecular weight is 375 g/mol. The highest BCUT2D eigenvalue weighted by Gasteiger charge is 2.25. The summed E-state index contributed by atoms with van der Waals surface area (Å²) in [4.78, 5) is 0. The molecule has 0 bridgehead atoms. The fourth-order valence-electron chi connectivity index (χ4n) is 4.08. The fourth-order valence-corrected chi connectivity index (χ4v) is 4.08. The second kappa shape index (κ2) is 8.39. The van der Waals surface area contributed by atoms with Crippen molar-refractivity contribution in [2.45, 2.75) is 60.0 Å². The van der Waals surface area contributed by atoms with Crippen LogP contribution in [0, 0.1) is 11.3 Å². The molecule has 2 unspecified atom stereocenters.